The molecule has 0 saturated carbocycles. The van der Waals surface area contributed by atoms with E-state index in [4.69, 9.17) is 5.11 Å². The molecule has 2 nitrogen and oxygen atoms in total. The molecule has 1 aromatic carbocycles. The van der Waals surface area contributed by atoms with E-state index < -0.39 is 0 Å². The highest BCUT2D eigenvalue weighted by Crippen LogP contribution is 2.12. The number of aliphatic hydroxyl groups is 1. The maximum absolute atomic E-state index is 8.93. The Morgan fingerprint density at radius 1 is 1.36 bits per heavy atom. The molecule has 0 atom stereocenters. The molecule has 2 heteroatoms. The van der Waals surface area contributed by atoms with Gasteiger partial charge in [0, 0.05) is 19.4 Å². The molecule has 1 N–H and O–H groups in total. The number of aliphatic imine (C=N–C) groups is 1. The maximum atomic E-state index is 8.93. The average molecular weight is 191 g/mol. The molecule has 14 heavy (non-hydrogen) atoms. The van der Waals surface area contributed by atoms with E-state index in [-0.39, 0.29) is 6.61 Å². The van der Waals surface area contributed by atoms with E-state index in [0.29, 0.717) is 6.42 Å². The van der Waals surface area contributed by atoms with Crippen LogP contribution in [0.3, 0.4) is 0 Å². The Morgan fingerprint density at radius 2 is 2.07 bits per heavy atom. The first-order valence-electron chi connectivity index (χ1n) is 4.98. The molecule has 0 unspecified atom stereocenters. The third-order valence-electron chi connectivity index (χ3n) is 2.31. The Bertz CT molecular complexity index is 318. The largest absolute Gasteiger partial charge is 0.396 e. The van der Waals surface area contributed by atoms with Crippen LogP contribution in [-0.4, -0.2) is 24.5 Å². The van der Waals surface area contributed by atoms with Gasteiger partial charge >= 0.3 is 0 Å². The van der Waals surface area contributed by atoms with Crippen LogP contribution in [-0.2, 0) is 6.42 Å². The fourth-order valence-electron chi connectivity index (χ4n) is 1.61. The molecular weight excluding hydrogens is 174 g/mol. The molecule has 0 spiro atoms. The Balaban J connectivity index is 3.05. The summed E-state index contributed by atoms with van der Waals surface area (Å²) in [5.74, 6) is 0. The number of rotatable bonds is 4. The van der Waals surface area contributed by atoms with Crippen molar-refractivity contribution in [3.05, 3.63) is 35.4 Å². The lowest BCUT2D eigenvalue weighted by atomic mass is 9.99. The molecule has 0 bridgehead atoms. The minimum atomic E-state index is 0.192. The van der Waals surface area contributed by atoms with E-state index in [1.807, 2.05) is 25.2 Å². The molecule has 0 aliphatic carbocycles. The lowest BCUT2D eigenvalue weighted by Crippen LogP contribution is -2.05. The molecule has 0 aliphatic rings. The smallest absolute Gasteiger partial charge is 0.0471 e. The van der Waals surface area contributed by atoms with Crippen molar-refractivity contribution in [1.29, 1.82) is 0 Å². The molecule has 0 aliphatic heterocycles. The second-order valence-corrected chi connectivity index (χ2v) is 3.15. The summed E-state index contributed by atoms with van der Waals surface area (Å²) in [6.07, 6.45) is 1.63. The van der Waals surface area contributed by atoms with Crippen LogP contribution in [0.1, 0.15) is 24.5 Å². The van der Waals surface area contributed by atoms with Crippen molar-refractivity contribution in [1.82, 2.24) is 0 Å². The summed E-state index contributed by atoms with van der Waals surface area (Å²) in [7, 11) is 1.81. The van der Waals surface area contributed by atoms with Crippen molar-refractivity contribution in [3.8, 4) is 0 Å². The molecule has 0 radical (unpaired) electrons. The van der Waals surface area contributed by atoms with Crippen LogP contribution in [0.4, 0.5) is 0 Å². The van der Waals surface area contributed by atoms with E-state index in [0.717, 1.165) is 12.1 Å². The van der Waals surface area contributed by atoms with Crippen LogP contribution in [0.2, 0.25) is 0 Å². The maximum Gasteiger partial charge on any atom is 0.0471 e. The van der Waals surface area contributed by atoms with Gasteiger partial charge in [-0.3, -0.25) is 4.99 Å². The van der Waals surface area contributed by atoms with Gasteiger partial charge in [-0.15, -0.1) is 0 Å². The molecule has 1 rings (SSSR count). The molecule has 0 fully saturated rings. The average Bonchev–Trinajstić information content (AvgIpc) is 2.23. The highest BCUT2D eigenvalue weighted by Gasteiger charge is 2.05. The van der Waals surface area contributed by atoms with E-state index in [1.54, 1.807) is 0 Å². The van der Waals surface area contributed by atoms with Crippen molar-refractivity contribution in [2.24, 2.45) is 4.99 Å². The Kier molecular flexibility index (Phi) is 4.33. The summed E-state index contributed by atoms with van der Waals surface area (Å²) in [5.41, 5.74) is 3.46. The molecule has 0 saturated heterocycles. The second kappa shape index (κ2) is 5.55. The number of benzene rings is 1. The highest BCUT2D eigenvalue weighted by molar-refractivity contribution is 6.01. The minimum absolute atomic E-state index is 0.192. The van der Waals surface area contributed by atoms with Crippen LogP contribution in [0.15, 0.2) is 29.3 Å². The van der Waals surface area contributed by atoms with Gasteiger partial charge in [0.25, 0.3) is 0 Å². The monoisotopic (exact) mass is 191 g/mol. The standard InChI is InChI=1S/C12H17NO/c1-3-12(13-2)11-7-5-4-6-10(11)8-9-14/h4-7,14H,3,8-9H2,1-2H3. The number of hydrogen-bond acceptors (Lipinski definition) is 2. The summed E-state index contributed by atoms with van der Waals surface area (Å²) in [4.78, 5) is 4.25. The highest BCUT2D eigenvalue weighted by atomic mass is 16.2. The van der Waals surface area contributed by atoms with Gasteiger partial charge in [0.15, 0.2) is 0 Å². The lowest BCUT2D eigenvalue weighted by molar-refractivity contribution is 0.299. The van der Waals surface area contributed by atoms with Crippen LogP contribution >= 0.6 is 0 Å². The fourth-order valence-corrected chi connectivity index (χ4v) is 1.61. The predicted molar refractivity (Wildman–Crippen MR) is 60.0 cm³/mol. The molecule has 76 valence electrons. The van der Waals surface area contributed by atoms with Gasteiger partial charge in [-0.05, 0) is 24.0 Å². The van der Waals surface area contributed by atoms with Gasteiger partial charge < -0.3 is 5.11 Å². The third kappa shape index (κ3) is 2.42. The number of aliphatic hydroxyl groups excluding tert-OH is 1. The molecule has 0 heterocycles. The third-order valence-corrected chi connectivity index (χ3v) is 2.31. The summed E-state index contributed by atoms with van der Waals surface area (Å²) in [6, 6.07) is 8.12. The first-order chi connectivity index (χ1) is 6.83. The van der Waals surface area contributed by atoms with E-state index in [1.165, 1.54) is 11.1 Å². The Labute approximate surface area is 85.3 Å². The number of hydrogen-bond donors (Lipinski definition) is 1. The zero-order valence-electron chi connectivity index (χ0n) is 8.83. The van der Waals surface area contributed by atoms with Gasteiger partial charge in [0.2, 0.25) is 0 Å². The van der Waals surface area contributed by atoms with Crippen LogP contribution in [0, 0.1) is 0 Å². The molecular formula is C12H17NO. The van der Waals surface area contributed by atoms with Gasteiger partial charge in [-0.2, -0.15) is 0 Å². The van der Waals surface area contributed by atoms with E-state index in [9.17, 15) is 0 Å². The van der Waals surface area contributed by atoms with Crippen LogP contribution < -0.4 is 0 Å². The zero-order chi connectivity index (χ0) is 10.4. The summed E-state index contributed by atoms with van der Waals surface area (Å²) in [6.45, 7) is 2.29. The SMILES string of the molecule is CCC(=NC)c1ccccc1CCO. The fraction of sp³-hybridized carbons (Fsp3) is 0.417. The summed E-state index contributed by atoms with van der Waals surface area (Å²) in [5, 5.41) is 8.93. The molecule has 0 aromatic heterocycles. The van der Waals surface area contributed by atoms with Crippen molar-refractivity contribution in [3.63, 3.8) is 0 Å². The topological polar surface area (TPSA) is 32.6 Å². The quantitative estimate of drug-likeness (QED) is 0.726. The van der Waals surface area contributed by atoms with E-state index in [2.05, 4.69) is 18.0 Å². The summed E-state index contributed by atoms with van der Waals surface area (Å²) >= 11 is 0. The van der Waals surface area contributed by atoms with Crippen molar-refractivity contribution in [2.75, 3.05) is 13.7 Å². The van der Waals surface area contributed by atoms with E-state index >= 15 is 0 Å². The van der Waals surface area contributed by atoms with Crippen molar-refractivity contribution >= 4 is 5.71 Å². The van der Waals surface area contributed by atoms with Gasteiger partial charge in [-0.25, -0.2) is 0 Å². The first-order valence-corrected chi connectivity index (χ1v) is 4.98. The molecule has 0 amide bonds. The zero-order valence-corrected chi connectivity index (χ0v) is 8.83. The Hall–Kier alpha value is -1.15. The van der Waals surface area contributed by atoms with Crippen molar-refractivity contribution < 1.29 is 5.11 Å². The predicted octanol–water partition coefficient (Wildman–Crippen LogP) is 2.05. The molecule has 1 aromatic rings. The summed E-state index contributed by atoms with van der Waals surface area (Å²) < 4.78 is 0. The minimum Gasteiger partial charge on any atom is -0.396 e. The second-order valence-electron chi connectivity index (χ2n) is 3.15. The van der Waals surface area contributed by atoms with Gasteiger partial charge in [0.1, 0.15) is 0 Å². The van der Waals surface area contributed by atoms with Gasteiger partial charge in [0.05, 0.1) is 0 Å². The van der Waals surface area contributed by atoms with Crippen LogP contribution in [0.5, 0.6) is 0 Å². The Morgan fingerprint density at radius 3 is 2.64 bits per heavy atom. The normalized spacial score (nSPS) is 11.8. The lowest BCUT2D eigenvalue weighted by Gasteiger charge is -2.09. The van der Waals surface area contributed by atoms with Crippen LogP contribution in [0.25, 0.3) is 0 Å². The number of nitrogens with zero attached hydrogens (tertiary/aromatic N) is 1. The van der Waals surface area contributed by atoms with Crippen molar-refractivity contribution in [2.45, 2.75) is 19.8 Å². The van der Waals surface area contributed by atoms with Gasteiger partial charge in [-0.1, -0.05) is 31.2 Å². The first kappa shape index (κ1) is 10.9.